The number of nitrogens with zero attached hydrogens (tertiary/aromatic N) is 3. The summed E-state index contributed by atoms with van der Waals surface area (Å²) in [6.45, 7) is 1.06. The van der Waals surface area contributed by atoms with Gasteiger partial charge in [0, 0.05) is 41.3 Å². The second kappa shape index (κ2) is 9.72. The molecule has 3 aromatic rings. The maximum atomic E-state index is 12.8. The molecule has 1 aromatic carbocycles. The van der Waals surface area contributed by atoms with Crippen molar-refractivity contribution in [3.63, 3.8) is 0 Å². The lowest BCUT2D eigenvalue weighted by atomic mass is 9.94. The first kappa shape index (κ1) is 21.7. The van der Waals surface area contributed by atoms with Gasteiger partial charge in [-0.1, -0.05) is 0 Å². The Hall–Kier alpha value is -3.55. The van der Waals surface area contributed by atoms with E-state index in [1.165, 1.54) is 39.0 Å². The zero-order valence-corrected chi connectivity index (χ0v) is 18.7. The van der Waals surface area contributed by atoms with Crippen molar-refractivity contribution in [1.82, 2.24) is 20.1 Å². The molecule has 0 saturated carbocycles. The van der Waals surface area contributed by atoms with Crippen LogP contribution in [-0.2, 0) is 19.4 Å². The van der Waals surface area contributed by atoms with E-state index in [-0.39, 0.29) is 5.91 Å². The molecule has 0 bridgehead atoms. The number of pyridine rings is 1. The van der Waals surface area contributed by atoms with E-state index < -0.39 is 0 Å². The molecule has 0 radical (unpaired) electrons. The summed E-state index contributed by atoms with van der Waals surface area (Å²) in [6, 6.07) is 7.28. The molecular formula is C24H28N4O4. The minimum absolute atomic E-state index is 0.209. The zero-order chi connectivity index (χ0) is 22.5. The summed E-state index contributed by atoms with van der Waals surface area (Å²) < 4.78 is 18.1. The van der Waals surface area contributed by atoms with E-state index >= 15 is 0 Å². The third kappa shape index (κ3) is 4.26. The summed E-state index contributed by atoms with van der Waals surface area (Å²) in [7, 11) is 4.59. The Kier molecular flexibility index (Phi) is 6.58. The highest BCUT2D eigenvalue weighted by atomic mass is 16.5. The Morgan fingerprint density at radius 1 is 1.03 bits per heavy atom. The van der Waals surface area contributed by atoms with E-state index in [2.05, 4.69) is 10.3 Å². The minimum atomic E-state index is -0.209. The second-order valence-corrected chi connectivity index (χ2v) is 7.61. The molecular weight excluding hydrogens is 408 g/mol. The Morgan fingerprint density at radius 2 is 1.72 bits per heavy atom. The number of benzene rings is 1. The fourth-order valence-corrected chi connectivity index (χ4v) is 4.19. The standard InChI is InChI=1S/C24H28N4O4/c1-30-20-14-17(15-21(31-2)23(20)32-3)24(29)26-12-13-28-19-7-5-4-6-18(19)22(27-28)16-8-10-25-11-9-16/h8-11,14-15H,4-7,12-13H2,1-3H3,(H,26,29). The Labute approximate surface area is 187 Å². The molecule has 0 spiro atoms. The van der Waals surface area contributed by atoms with Gasteiger partial charge in [-0.15, -0.1) is 0 Å². The van der Waals surface area contributed by atoms with Crippen molar-refractivity contribution in [1.29, 1.82) is 0 Å². The highest BCUT2D eigenvalue weighted by Crippen LogP contribution is 2.38. The van der Waals surface area contributed by atoms with E-state index in [0.29, 0.717) is 35.9 Å². The van der Waals surface area contributed by atoms with Gasteiger partial charge in [0.25, 0.3) is 5.91 Å². The van der Waals surface area contributed by atoms with Crippen LogP contribution in [0.4, 0.5) is 0 Å². The van der Waals surface area contributed by atoms with Crippen LogP contribution in [0.25, 0.3) is 11.3 Å². The van der Waals surface area contributed by atoms with Crippen molar-refractivity contribution in [2.45, 2.75) is 32.2 Å². The number of fused-ring (bicyclic) bond motifs is 1. The van der Waals surface area contributed by atoms with E-state index in [0.717, 1.165) is 30.5 Å². The summed E-state index contributed by atoms with van der Waals surface area (Å²) in [5, 5.41) is 7.87. The highest BCUT2D eigenvalue weighted by molar-refractivity contribution is 5.95. The van der Waals surface area contributed by atoms with Crippen LogP contribution in [0.2, 0.25) is 0 Å². The van der Waals surface area contributed by atoms with Gasteiger partial charge in [-0.05, 0) is 49.9 Å². The summed E-state index contributed by atoms with van der Waals surface area (Å²) in [4.78, 5) is 16.9. The molecule has 0 saturated heterocycles. The summed E-state index contributed by atoms with van der Waals surface area (Å²) in [6.07, 6.45) is 7.96. The number of methoxy groups -OCH3 is 3. The monoisotopic (exact) mass is 436 g/mol. The lowest BCUT2D eigenvalue weighted by molar-refractivity contribution is 0.0951. The molecule has 1 aliphatic rings. The molecule has 0 aliphatic heterocycles. The van der Waals surface area contributed by atoms with Gasteiger partial charge >= 0.3 is 0 Å². The quantitative estimate of drug-likeness (QED) is 0.583. The van der Waals surface area contributed by atoms with Crippen LogP contribution < -0.4 is 19.5 Å². The summed E-state index contributed by atoms with van der Waals surface area (Å²) >= 11 is 0. The predicted molar refractivity (Wildman–Crippen MR) is 121 cm³/mol. The average molecular weight is 437 g/mol. The van der Waals surface area contributed by atoms with Gasteiger partial charge in [0.2, 0.25) is 5.75 Å². The molecule has 1 N–H and O–H groups in total. The molecule has 0 fully saturated rings. The van der Waals surface area contributed by atoms with Crippen molar-refractivity contribution >= 4 is 5.91 Å². The normalized spacial score (nSPS) is 12.7. The molecule has 4 rings (SSSR count). The Bertz CT molecular complexity index is 1070. The number of nitrogens with one attached hydrogen (secondary N) is 1. The summed E-state index contributed by atoms with van der Waals surface area (Å²) in [5.74, 6) is 1.14. The van der Waals surface area contributed by atoms with E-state index in [9.17, 15) is 4.79 Å². The fraction of sp³-hybridized carbons (Fsp3) is 0.375. The fourth-order valence-electron chi connectivity index (χ4n) is 4.19. The predicted octanol–water partition coefficient (Wildman–Crippen LogP) is 3.28. The first-order chi connectivity index (χ1) is 15.7. The van der Waals surface area contributed by atoms with E-state index in [4.69, 9.17) is 19.3 Å². The topological polar surface area (TPSA) is 87.5 Å². The van der Waals surface area contributed by atoms with Crippen LogP contribution in [-0.4, -0.2) is 48.5 Å². The molecule has 0 atom stereocenters. The van der Waals surface area contributed by atoms with Crippen molar-refractivity contribution in [3.8, 4) is 28.5 Å². The first-order valence-corrected chi connectivity index (χ1v) is 10.7. The van der Waals surface area contributed by atoms with Gasteiger partial charge in [-0.2, -0.15) is 5.10 Å². The molecule has 2 aromatic heterocycles. The number of aromatic nitrogens is 3. The smallest absolute Gasteiger partial charge is 0.251 e. The number of carbonyl (C=O) groups excluding carboxylic acids is 1. The molecule has 1 amide bonds. The largest absolute Gasteiger partial charge is 0.493 e. The molecule has 1 aliphatic carbocycles. The van der Waals surface area contributed by atoms with Gasteiger partial charge in [0.1, 0.15) is 0 Å². The average Bonchev–Trinajstić information content (AvgIpc) is 3.22. The van der Waals surface area contributed by atoms with Crippen LogP contribution in [0.15, 0.2) is 36.7 Å². The lowest BCUT2D eigenvalue weighted by Crippen LogP contribution is -2.28. The number of hydrogen-bond donors (Lipinski definition) is 1. The maximum absolute atomic E-state index is 12.8. The van der Waals surface area contributed by atoms with Crippen LogP contribution in [0.5, 0.6) is 17.2 Å². The van der Waals surface area contributed by atoms with Crippen LogP contribution in [0.3, 0.4) is 0 Å². The number of hydrogen-bond acceptors (Lipinski definition) is 6. The molecule has 168 valence electrons. The number of carbonyl (C=O) groups is 1. The molecule has 8 heteroatoms. The van der Waals surface area contributed by atoms with Crippen molar-refractivity contribution < 1.29 is 19.0 Å². The first-order valence-electron chi connectivity index (χ1n) is 10.7. The number of ether oxygens (including phenoxy) is 3. The second-order valence-electron chi connectivity index (χ2n) is 7.61. The third-order valence-corrected chi connectivity index (χ3v) is 5.75. The van der Waals surface area contributed by atoms with Crippen LogP contribution >= 0.6 is 0 Å². The molecule has 8 nitrogen and oxygen atoms in total. The highest BCUT2D eigenvalue weighted by Gasteiger charge is 2.22. The van der Waals surface area contributed by atoms with Crippen LogP contribution in [0, 0.1) is 0 Å². The number of amides is 1. The number of rotatable bonds is 8. The van der Waals surface area contributed by atoms with E-state index in [1.54, 1.807) is 24.5 Å². The van der Waals surface area contributed by atoms with Crippen molar-refractivity contribution in [2.24, 2.45) is 0 Å². The molecule has 0 unspecified atom stereocenters. The maximum Gasteiger partial charge on any atom is 0.251 e. The molecule has 32 heavy (non-hydrogen) atoms. The van der Waals surface area contributed by atoms with Crippen molar-refractivity contribution in [2.75, 3.05) is 27.9 Å². The minimum Gasteiger partial charge on any atom is -0.493 e. The van der Waals surface area contributed by atoms with E-state index in [1.807, 2.05) is 16.8 Å². The Morgan fingerprint density at radius 3 is 2.38 bits per heavy atom. The van der Waals surface area contributed by atoms with Gasteiger partial charge in [0.15, 0.2) is 11.5 Å². The summed E-state index contributed by atoms with van der Waals surface area (Å²) in [5.41, 5.74) is 5.14. The Balaban J connectivity index is 1.49. The zero-order valence-electron chi connectivity index (χ0n) is 18.7. The lowest BCUT2D eigenvalue weighted by Gasteiger charge is -2.15. The van der Waals surface area contributed by atoms with Crippen molar-refractivity contribution in [3.05, 3.63) is 53.5 Å². The van der Waals surface area contributed by atoms with Crippen LogP contribution in [0.1, 0.15) is 34.5 Å². The van der Waals surface area contributed by atoms with Gasteiger partial charge in [0.05, 0.1) is 33.6 Å². The van der Waals surface area contributed by atoms with Gasteiger partial charge < -0.3 is 19.5 Å². The molecule has 2 heterocycles. The SMILES string of the molecule is COc1cc(C(=O)NCCn2nc(-c3ccncc3)c3c2CCCC3)cc(OC)c1OC. The third-order valence-electron chi connectivity index (χ3n) is 5.75. The van der Waals surface area contributed by atoms with Gasteiger partial charge in [-0.25, -0.2) is 0 Å². The van der Waals surface area contributed by atoms with Gasteiger partial charge in [-0.3, -0.25) is 14.5 Å².